The van der Waals surface area contributed by atoms with Crippen molar-refractivity contribution in [3.8, 4) is 11.3 Å². The number of rotatable bonds is 5. The molecule has 164 valence electrons. The number of benzene rings is 1. The normalized spacial score (nSPS) is 14.5. The molecule has 3 heterocycles. The number of hydrogen-bond donors (Lipinski definition) is 2. The van der Waals surface area contributed by atoms with Gasteiger partial charge in [-0.3, -0.25) is 9.48 Å². The predicted molar refractivity (Wildman–Crippen MR) is 114 cm³/mol. The maximum absolute atomic E-state index is 13.3. The van der Waals surface area contributed by atoms with Crippen LogP contribution in [0.15, 0.2) is 36.5 Å². The van der Waals surface area contributed by atoms with Gasteiger partial charge in [0.05, 0.1) is 27.4 Å². The molecule has 1 amide bonds. The van der Waals surface area contributed by atoms with Crippen LogP contribution in [-0.2, 0) is 25.6 Å². The molecule has 0 spiro atoms. The Kier molecular flexibility index (Phi) is 6.09. The average Bonchev–Trinajstić information content (AvgIpc) is 3.26. The number of thiophene rings is 1. The summed E-state index contributed by atoms with van der Waals surface area (Å²) >= 11 is 7.67. The van der Waals surface area contributed by atoms with Gasteiger partial charge in [0.2, 0.25) is 0 Å². The second kappa shape index (κ2) is 8.64. The van der Waals surface area contributed by atoms with Crippen molar-refractivity contribution in [1.82, 2.24) is 15.1 Å². The number of nitrogens with one attached hydrogen (secondary N) is 1. The van der Waals surface area contributed by atoms with Crippen LogP contribution >= 0.6 is 22.9 Å². The molecule has 0 bridgehead atoms. The zero-order valence-corrected chi connectivity index (χ0v) is 17.9. The molecule has 31 heavy (non-hydrogen) atoms. The van der Waals surface area contributed by atoms with Gasteiger partial charge in [-0.15, -0.1) is 11.3 Å². The van der Waals surface area contributed by atoms with Gasteiger partial charge in [0.1, 0.15) is 0 Å². The van der Waals surface area contributed by atoms with E-state index in [2.05, 4.69) is 10.4 Å². The van der Waals surface area contributed by atoms with Crippen LogP contribution in [0.5, 0.6) is 0 Å². The lowest BCUT2D eigenvalue weighted by molar-refractivity contribution is -0.138. The minimum atomic E-state index is -4.46. The number of amides is 1. The number of nitrogens with zero attached hydrogens (tertiary/aromatic N) is 2. The van der Waals surface area contributed by atoms with Gasteiger partial charge in [-0.2, -0.15) is 18.3 Å². The summed E-state index contributed by atoms with van der Waals surface area (Å²) in [4.78, 5) is 14.4. The van der Waals surface area contributed by atoms with Crippen molar-refractivity contribution in [2.24, 2.45) is 5.73 Å². The molecule has 5 nitrogen and oxygen atoms in total. The third-order valence-corrected chi connectivity index (χ3v) is 6.74. The predicted octanol–water partition coefficient (Wildman–Crippen LogP) is 4.53. The summed E-state index contributed by atoms with van der Waals surface area (Å²) in [5, 5.41) is 7.60. The summed E-state index contributed by atoms with van der Waals surface area (Å²) in [6.45, 7) is 0.764. The van der Waals surface area contributed by atoms with Crippen molar-refractivity contribution in [3.05, 3.63) is 62.4 Å². The molecule has 0 saturated heterocycles. The summed E-state index contributed by atoms with van der Waals surface area (Å²) in [6.07, 6.45) is -1.22. The van der Waals surface area contributed by atoms with Gasteiger partial charge in [-0.25, -0.2) is 0 Å². The van der Waals surface area contributed by atoms with Gasteiger partial charge in [-0.1, -0.05) is 29.8 Å². The van der Waals surface area contributed by atoms with E-state index in [0.717, 1.165) is 41.6 Å². The van der Waals surface area contributed by atoms with Crippen LogP contribution in [0.1, 0.15) is 32.1 Å². The summed E-state index contributed by atoms with van der Waals surface area (Å²) in [6, 6.07) is 6.48. The third kappa shape index (κ3) is 4.49. The molecule has 2 aromatic heterocycles. The molecule has 1 unspecified atom stereocenters. The summed E-state index contributed by atoms with van der Waals surface area (Å²) < 4.78 is 41.7. The van der Waals surface area contributed by atoms with E-state index >= 15 is 0 Å². The van der Waals surface area contributed by atoms with Gasteiger partial charge in [0.25, 0.3) is 5.91 Å². The average molecular weight is 469 g/mol. The first kappa shape index (κ1) is 21.9. The van der Waals surface area contributed by atoms with Crippen LogP contribution in [0.4, 0.5) is 13.2 Å². The zero-order valence-electron chi connectivity index (χ0n) is 16.4. The molecule has 1 aliphatic heterocycles. The second-order valence-electron chi connectivity index (χ2n) is 7.38. The first-order chi connectivity index (χ1) is 14.8. The van der Waals surface area contributed by atoms with Crippen molar-refractivity contribution >= 4 is 28.8 Å². The fourth-order valence-corrected chi connectivity index (χ4v) is 5.15. The van der Waals surface area contributed by atoms with Gasteiger partial charge in [0, 0.05) is 29.6 Å². The number of fused-ring (bicyclic) bond motifs is 3. The third-order valence-electron chi connectivity index (χ3n) is 5.27. The molecule has 3 N–H and O–H groups in total. The molecule has 1 aromatic carbocycles. The van der Waals surface area contributed by atoms with Crippen LogP contribution in [0.3, 0.4) is 0 Å². The number of hydrogen-bond acceptors (Lipinski definition) is 4. The Morgan fingerprint density at radius 1 is 1.35 bits per heavy atom. The molecule has 1 aliphatic rings. The van der Waals surface area contributed by atoms with Gasteiger partial charge in [0.15, 0.2) is 0 Å². The second-order valence-corrected chi connectivity index (χ2v) is 8.92. The smallest absolute Gasteiger partial charge is 0.347 e. The summed E-state index contributed by atoms with van der Waals surface area (Å²) in [5.74, 6) is -0.361. The molecule has 0 saturated carbocycles. The monoisotopic (exact) mass is 468 g/mol. The molecule has 1 atom stereocenters. The Bertz CT molecular complexity index is 1110. The van der Waals surface area contributed by atoms with Gasteiger partial charge < -0.3 is 11.1 Å². The van der Waals surface area contributed by atoms with E-state index in [4.69, 9.17) is 17.3 Å². The maximum atomic E-state index is 13.3. The molecule has 4 rings (SSSR count). The van der Waals surface area contributed by atoms with E-state index in [1.54, 1.807) is 18.3 Å². The molecule has 0 radical (unpaired) electrons. The van der Waals surface area contributed by atoms with Gasteiger partial charge >= 0.3 is 6.18 Å². The van der Waals surface area contributed by atoms with E-state index in [-0.39, 0.29) is 24.4 Å². The number of carbonyl (C=O) groups excluding carboxylic acids is 1. The molecule has 10 heteroatoms. The number of carbonyl (C=O) groups is 1. The van der Waals surface area contributed by atoms with Gasteiger partial charge in [-0.05, 0) is 37.0 Å². The van der Waals surface area contributed by atoms with E-state index < -0.39 is 17.8 Å². The van der Waals surface area contributed by atoms with Crippen molar-refractivity contribution < 1.29 is 18.0 Å². The maximum Gasteiger partial charge on any atom is 0.416 e. The Morgan fingerprint density at radius 2 is 2.13 bits per heavy atom. The van der Waals surface area contributed by atoms with Crippen molar-refractivity contribution in [1.29, 1.82) is 0 Å². The Labute approximate surface area is 186 Å². The van der Waals surface area contributed by atoms with E-state index in [1.165, 1.54) is 23.5 Å². The molecule has 0 aliphatic carbocycles. The van der Waals surface area contributed by atoms with E-state index in [0.29, 0.717) is 9.90 Å². The van der Waals surface area contributed by atoms with Crippen LogP contribution in [-0.4, -0.2) is 28.3 Å². The summed E-state index contributed by atoms with van der Waals surface area (Å²) in [7, 11) is 0. The number of aryl methyl sites for hydroxylation is 2. The van der Waals surface area contributed by atoms with Crippen molar-refractivity contribution in [2.45, 2.75) is 38.0 Å². The van der Waals surface area contributed by atoms with Crippen LogP contribution in [0, 0.1) is 0 Å². The highest BCUT2D eigenvalue weighted by atomic mass is 35.5. The van der Waals surface area contributed by atoms with Crippen LogP contribution in [0.25, 0.3) is 11.3 Å². The Morgan fingerprint density at radius 3 is 2.87 bits per heavy atom. The molecule has 3 aromatic rings. The lowest BCUT2D eigenvalue weighted by Gasteiger charge is -2.19. The van der Waals surface area contributed by atoms with Crippen LogP contribution in [0.2, 0.25) is 5.02 Å². The largest absolute Gasteiger partial charge is 0.416 e. The lowest BCUT2D eigenvalue weighted by Crippen LogP contribution is -2.41. The fraction of sp³-hybridized carbons (Fsp3) is 0.333. The SMILES string of the molecule is NCC(Cc1ccccc1C(F)(F)F)NC(=O)c1cc2c(s1)CCCn1ncc(Cl)c1-2. The zero-order chi connectivity index (χ0) is 22.2. The molecular formula is C21H20ClF3N4OS. The number of halogens is 4. The van der Waals surface area contributed by atoms with Crippen molar-refractivity contribution in [2.75, 3.05) is 6.54 Å². The lowest BCUT2D eigenvalue weighted by atomic mass is 9.99. The highest BCUT2D eigenvalue weighted by Gasteiger charge is 2.33. The Balaban J connectivity index is 1.55. The van der Waals surface area contributed by atoms with E-state index in [1.807, 2.05) is 4.68 Å². The standard InChI is InChI=1S/C21H20ClF3N4OS/c22-16-11-27-29-7-3-6-17-14(19(16)29)9-18(31-17)20(30)28-13(10-26)8-12-4-1-2-5-15(12)21(23,24)25/h1-2,4-5,9,11,13H,3,6-8,10,26H2,(H,28,30). The van der Waals surface area contributed by atoms with Crippen LogP contribution < -0.4 is 11.1 Å². The minimum absolute atomic E-state index is 0.0123. The minimum Gasteiger partial charge on any atom is -0.347 e. The first-order valence-electron chi connectivity index (χ1n) is 9.78. The molecule has 0 fully saturated rings. The number of aromatic nitrogens is 2. The fourth-order valence-electron chi connectivity index (χ4n) is 3.81. The Hall–Kier alpha value is -2.36. The quantitative estimate of drug-likeness (QED) is 0.578. The first-order valence-corrected chi connectivity index (χ1v) is 11.0. The van der Waals surface area contributed by atoms with Crippen molar-refractivity contribution in [3.63, 3.8) is 0 Å². The highest BCUT2D eigenvalue weighted by molar-refractivity contribution is 7.14. The van der Waals surface area contributed by atoms with E-state index in [9.17, 15) is 18.0 Å². The highest BCUT2D eigenvalue weighted by Crippen LogP contribution is 2.38. The topological polar surface area (TPSA) is 72.9 Å². The summed E-state index contributed by atoms with van der Waals surface area (Å²) in [5.41, 5.74) is 6.83. The molecular weight excluding hydrogens is 449 g/mol. The number of nitrogens with two attached hydrogens (primary N) is 1. The number of alkyl halides is 3.